The Morgan fingerprint density at radius 3 is 2.75 bits per heavy atom. The first-order valence-corrected chi connectivity index (χ1v) is 6.65. The van der Waals surface area contributed by atoms with Crippen LogP contribution < -0.4 is 10.5 Å². The number of methoxy groups -OCH3 is 1. The molecule has 0 fully saturated rings. The number of nitrogens with zero attached hydrogens (tertiary/aromatic N) is 3. The number of aromatic nitrogens is 3. The zero-order valence-corrected chi connectivity index (χ0v) is 12.0. The SMILES string of the molecule is COc1ccc(Cc2noc([C@@H](N)CC(C)C)n2)cn1. The average Bonchev–Trinajstić information content (AvgIpc) is 2.87. The molecule has 0 saturated carbocycles. The van der Waals surface area contributed by atoms with E-state index in [1.807, 2.05) is 6.07 Å². The fourth-order valence-electron chi connectivity index (χ4n) is 1.92. The molecule has 0 spiro atoms. The summed E-state index contributed by atoms with van der Waals surface area (Å²) >= 11 is 0. The minimum absolute atomic E-state index is 0.203. The van der Waals surface area contributed by atoms with Crippen molar-refractivity contribution in [3.8, 4) is 5.88 Å². The quantitative estimate of drug-likeness (QED) is 0.869. The molecule has 0 bridgehead atoms. The molecule has 2 aromatic rings. The zero-order chi connectivity index (χ0) is 14.5. The predicted molar refractivity (Wildman–Crippen MR) is 74.3 cm³/mol. The van der Waals surface area contributed by atoms with Crippen molar-refractivity contribution in [2.45, 2.75) is 32.7 Å². The summed E-state index contributed by atoms with van der Waals surface area (Å²) in [6.45, 7) is 4.22. The second-order valence-corrected chi connectivity index (χ2v) is 5.17. The van der Waals surface area contributed by atoms with E-state index in [1.165, 1.54) is 0 Å². The predicted octanol–water partition coefficient (Wildman–Crippen LogP) is 2.11. The summed E-state index contributed by atoms with van der Waals surface area (Å²) in [5, 5.41) is 3.96. The molecule has 0 amide bonds. The van der Waals surface area contributed by atoms with Gasteiger partial charge in [0.15, 0.2) is 5.82 Å². The van der Waals surface area contributed by atoms with Crippen molar-refractivity contribution in [2.75, 3.05) is 7.11 Å². The lowest BCUT2D eigenvalue weighted by Crippen LogP contribution is -2.13. The van der Waals surface area contributed by atoms with Crippen LogP contribution in [-0.4, -0.2) is 22.2 Å². The molecule has 6 heteroatoms. The smallest absolute Gasteiger partial charge is 0.243 e. The molecule has 0 unspecified atom stereocenters. The molecule has 1 atom stereocenters. The van der Waals surface area contributed by atoms with Crippen LogP contribution in [0.3, 0.4) is 0 Å². The van der Waals surface area contributed by atoms with Gasteiger partial charge in [-0.25, -0.2) is 4.98 Å². The largest absolute Gasteiger partial charge is 0.481 e. The minimum atomic E-state index is -0.203. The highest BCUT2D eigenvalue weighted by Gasteiger charge is 2.16. The summed E-state index contributed by atoms with van der Waals surface area (Å²) in [5.41, 5.74) is 7.01. The van der Waals surface area contributed by atoms with E-state index in [0.29, 0.717) is 29.9 Å². The number of hydrogen-bond donors (Lipinski definition) is 1. The van der Waals surface area contributed by atoms with Crippen molar-refractivity contribution < 1.29 is 9.26 Å². The third kappa shape index (κ3) is 3.77. The van der Waals surface area contributed by atoms with Gasteiger partial charge in [-0.05, 0) is 17.9 Å². The van der Waals surface area contributed by atoms with Gasteiger partial charge >= 0.3 is 0 Å². The van der Waals surface area contributed by atoms with Crippen LogP contribution in [0, 0.1) is 5.92 Å². The van der Waals surface area contributed by atoms with Crippen molar-refractivity contribution in [1.82, 2.24) is 15.1 Å². The van der Waals surface area contributed by atoms with Crippen molar-refractivity contribution in [1.29, 1.82) is 0 Å². The van der Waals surface area contributed by atoms with E-state index in [1.54, 1.807) is 19.4 Å². The Hall–Kier alpha value is -1.95. The highest BCUT2D eigenvalue weighted by Crippen LogP contribution is 2.18. The van der Waals surface area contributed by atoms with Crippen LogP contribution in [-0.2, 0) is 6.42 Å². The van der Waals surface area contributed by atoms with Gasteiger partial charge in [-0.15, -0.1) is 0 Å². The lowest BCUT2D eigenvalue weighted by Gasteiger charge is -2.08. The van der Waals surface area contributed by atoms with Crippen LogP contribution >= 0.6 is 0 Å². The number of ether oxygens (including phenoxy) is 1. The van der Waals surface area contributed by atoms with Crippen LogP contribution in [0.2, 0.25) is 0 Å². The normalized spacial score (nSPS) is 12.7. The lowest BCUT2D eigenvalue weighted by atomic mass is 10.0. The number of nitrogens with two attached hydrogens (primary N) is 1. The van der Waals surface area contributed by atoms with Crippen molar-refractivity contribution in [2.24, 2.45) is 11.7 Å². The topological polar surface area (TPSA) is 87.1 Å². The van der Waals surface area contributed by atoms with Gasteiger partial charge in [0, 0.05) is 18.7 Å². The third-order valence-corrected chi connectivity index (χ3v) is 2.90. The zero-order valence-electron chi connectivity index (χ0n) is 12.0. The summed E-state index contributed by atoms with van der Waals surface area (Å²) in [5.74, 6) is 2.19. The van der Waals surface area contributed by atoms with Gasteiger partial charge in [0.05, 0.1) is 13.2 Å². The average molecular weight is 276 g/mol. The molecule has 0 aromatic carbocycles. The first-order valence-electron chi connectivity index (χ1n) is 6.65. The van der Waals surface area contributed by atoms with Crippen LogP contribution in [0.15, 0.2) is 22.9 Å². The molecule has 108 valence electrons. The summed E-state index contributed by atoms with van der Waals surface area (Å²) in [7, 11) is 1.59. The number of pyridine rings is 1. The van der Waals surface area contributed by atoms with Crippen LogP contribution in [0.4, 0.5) is 0 Å². The number of hydrogen-bond acceptors (Lipinski definition) is 6. The minimum Gasteiger partial charge on any atom is -0.481 e. The molecular formula is C14H20N4O2. The highest BCUT2D eigenvalue weighted by molar-refractivity contribution is 5.20. The molecule has 0 aliphatic heterocycles. The maximum absolute atomic E-state index is 6.02. The first kappa shape index (κ1) is 14.5. The van der Waals surface area contributed by atoms with Crippen molar-refractivity contribution in [3.63, 3.8) is 0 Å². The van der Waals surface area contributed by atoms with Gasteiger partial charge in [-0.2, -0.15) is 4.98 Å². The van der Waals surface area contributed by atoms with Gasteiger partial charge in [-0.1, -0.05) is 25.1 Å². The molecule has 0 aliphatic rings. The summed E-state index contributed by atoms with van der Waals surface area (Å²) < 4.78 is 10.2. The summed E-state index contributed by atoms with van der Waals surface area (Å²) in [4.78, 5) is 8.48. The van der Waals surface area contributed by atoms with E-state index in [2.05, 4.69) is 29.0 Å². The van der Waals surface area contributed by atoms with Gasteiger partial charge in [0.25, 0.3) is 0 Å². The molecule has 2 rings (SSSR count). The third-order valence-electron chi connectivity index (χ3n) is 2.90. The maximum atomic E-state index is 6.02. The monoisotopic (exact) mass is 276 g/mol. The fraction of sp³-hybridized carbons (Fsp3) is 0.500. The molecule has 2 aromatic heterocycles. The first-order chi connectivity index (χ1) is 9.58. The Morgan fingerprint density at radius 2 is 2.15 bits per heavy atom. The van der Waals surface area contributed by atoms with E-state index in [9.17, 15) is 0 Å². The van der Waals surface area contributed by atoms with E-state index in [4.69, 9.17) is 15.0 Å². The van der Waals surface area contributed by atoms with Crippen LogP contribution in [0.1, 0.15) is 43.6 Å². The van der Waals surface area contributed by atoms with Gasteiger partial charge in [-0.3, -0.25) is 0 Å². The lowest BCUT2D eigenvalue weighted by molar-refractivity contribution is 0.333. The Morgan fingerprint density at radius 1 is 1.35 bits per heavy atom. The number of rotatable bonds is 6. The molecule has 0 radical (unpaired) electrons. The molecule has 0 saturated heterocycles. The van der Waals surface area contributed by atoms with Gasteiger partial charge in [0.2, 0.25) is 11.8 Å². The maximum Gasteiger partial charge on any atom is 0.243 e. The molecular weight excluding hydrogens is 256 g/mol. The molecule has 20 heavy (non-hydrogen) atoms. The Labute approximate surface area is 118 Å². The van der Waals surface area contributed by atoms with E-state index in [0.717, 1.165) is 12.0 Å². The molecule has 6 nitrogen and oxygen atoms in total. The Kier molecular flexibility index (Phi) is 4.68. The van der Waals surface area contributed by atoms with E-state index >= 15 is 0 Å². The summed E-state index contributed by atoms with van der Waals surface area (Å²) in [6, 6.07) is 3.53. The Bertz CT molecular complexity index is 536. The van der Waals surface area contributed by atoms with E-state index < -0.39 is 0 Å². The molecule has 2 N–H and O–H groups in total. The standard InChI is InChI=1S/C14H20N4O2/c1-9(2)6-11(15)14-17-12(18-20-14)7-10-4-5-13(19-3)16-8-10/h4-5,8-9,11H,6-7,15H2,1-3H3/t11-/m0/s1. The van der Waals surface area contributed by atoms with E-state index in [-0.39, 0.29) is 6.04 Å². The molecule has 2 heterocycles. The van der Waals surface area contributed by atoms with Crippen molar-refractivity contribution in [3.05, 3.63) is 35.6 Å². The van der Waals surface area contributed by atoms with Gasteiger partial charge < -0.3 is 15.0 Å². The second-order valence-electron chi connectivity index (χ2n) is 5.17. The molecule has 0 aliphatic carbocycles. The van der Waals surface area contributed by atoms with Crippen molar-refractivity contribution >= 4 is 0 Å². The Balaban J connectivity index is 2.01. The van der Waals surface area contributed by atoms with Gasteiger partial charge in [0.1, 0.15) is 0 Å². The van der Waals surface area contributed by atoms with Crippen LogP contribution in [0.5, 0.6) is 5.88 Å². The van der Waals surface area contributed by atoms with Crippen LogP contribution in [0.25, 0.3) is 0 Å². The highest BCUT2D eigenvalue weighted by atomic mass is 16.5. The second kappa shape index (κ2) is 6.47. The summed E-state index contributed by atoms with van der Waals surface area (Å²) in [6.07, 6.45) is 3.13. The fourth-order valence-corrected chi connectivity index (χ4v) is 1.92.